The Morgan fingerprint density at radius 3 is 2.86 bits per heavy atom. The first-order valence-corrected chi connectivity index (χ1v) is 4.71. The summed E-state index contributed by atoms with van der Waals surface area (Å²) in [5.41, 5.74) is 2.19. The van der Waals surface area contributed by atoms with Crippen molar-refractivity contribution in [3.63, 3.8) is 0 Å². The molecule has 0 fully saturated rings. The van der Waals surface area contributed by atoms with Gasteiger partial charge in [0.05, 0.1) is 11.3 Å². The van der Waals surface area contributed by atoms with Crippen LogP contribution in [-0.2, 0) is 11.2 Å². The second kappa shape index (κ2) is 3.25. The highest BCUT2D eigenvalue weighted by Crippen LogP contribution is 2.26. The zero-order valence-electron chi connectivity index (χ0n) is 7.96. The second-order valence-corrected chi connectivity index (χ2v) is 3.37. The van der Waals surface area contributed by atoms with Gasteiger partial charge in [0.15, 0.2) is 0 Å². The zero-order chi connectivity index (χ0) is 10.1. The molecule has 0 saturated carbocycles. The Balaban J connectivity index is 0.00000112. The lowest BCUT2D eigenvalue weighted by atomic mass is 10.0. The largest absolute Gasteiger partial charge is 0.318 e. The molecule has 1 N–H and O–H groups in total. The Hall–Kier alpha value is -1.64. The molecule has 0 atom stereocenters. The molecule has 1 aromatic carbocycles. The predicted octanol–water partition coefficient (Wildman–Crippen LogP) is 2.02. The van der Waals surface area contributed by atoms with Gasteiger partial charge in [-0.3, -0.25) is 9.59 Å². The van der Waals surface area contributed by atoms with E-state index in [4.69, 9.17) is 0 Å². The molecule has 2 rings (SSSR count). The minimum Gasteiger partial charge on any atom is -0.318 e. The highest BCUT2D eigenvalue weighted by molar-refractivity contribution is 6.52. The van der Waals surface area contributed by atoms with E-state index in [9.17, 15) is 9.59 Å². The maximum atomic E-state index is 11.5. The SMILES string of the molecule is CCCc1cccc2c1C(=O)C(=O)N2.[HH]. The Labute approximate surface area is 83.6 Å². The van der Waals surface area contributed by atoms with Crippen LogP contribution in [0, 0.1) is 0 Å². The highest BCUT2D eigenvalue weighted by atomic mass is 16.2. The molecule has 1 amide bonds. The molecule has 74 valence electrons. The van der Waals surface area contributed by atoms with Gasteiger partial charge in [-0.15, -0.1) is 0 Å². The summed E-state index contributed by atoms with van der Waals surface area (Å²) in [6.07, 6.45) is 1.81. The Morgan fingerprint density at radius 1 is 1.36 bits per heavy atom. The molecule has 1 aliphatic rings. The van der Waals surface area contributed by atoms with Crippen molar-refractivity contribution in [2.45, 2.75) is 19.8 Å². The van der Waals surface area contributed by atoms with Gasteiger partial charge in [0, 0.05) is 1.43 Å². The van der Waals surface area contributed by atoms with E-state index < -0.39 is 11.7 Å². The summed E-state index contributed by atoms with van der Waals surface area (Å²) in [7, 11) is 0. The number of carbonyl (C=O) groups excluding carboxylic acids is 2. The third kappa shape index (κ3) is 1.21. The van der Waals surface area contributed by atoms with Crippen molar-refractivity contribution < 1.29 is 11.0 Å². The Bertz CT molecular complexity index is 415. The van der Waals surface area contributed by atoms with Crippen LogP contribution in [-0.4, -0.2) is 11.7 Å². The van der Waals surface area contributed by atoms with Crippen molar-refractivity contribution in [2.24, 2.45) is 0 Å². The van der Waals surface area contributed by atoms with Crippen LogP contribution in [0.15, 0.2) is 18.2 Å². The molecule has 14 heavy (non-hydrogen) atoms. The van der Waals surface area contributed by atoms with Crippen LogP contribution in [0.5, 0.6) is 0 Å². The molecule has 0 unspecified atom stereocenters. The number of amides is 1. The lowest BCUT2D eigenvalue weighted by Crippen LogP contribution is -2.13. The van der Waals surface area contributed by atoms with Crippen LogP contribution in [0.25, 0.3) is 0 Å². The summed E-state index contributed by atoms with van der Waals surface area (Å²) in [4.78, 5) is 22.6. The number of aryl methyl sites for hydroxylation is 1. The molecule has 0 aromatic heterocycles. The van der Waals surface area contributed by atoms with Crippen LogP contribution in [0.2, 0.25) is 0 Å². The summed E-state index contributed by atoms with van der Waals surface area (Å²) >= 11 is 0. The molecule has 1 heterocycles. The van der Waals surface area contributed by atoms with Gasteiger partial charge in [-0.2, -0.15) is 0 Å². The number of rotatable bonds is 2. The van der Waals surface area contributed by atoms with E-state index in [2.05, 4.69) is 5.32 Å². The van der Waals surface area contributed by atoms with E-state index in [0.29, 0.717) is 11.3 Å². The third-order valence-electron chi connectivity index (χ3n) is 2.35. The molecule has 1 aromatic rings. The monoisotopic (exact) mass is 191 g/mol. The van der Waals surface area contributed by atoms with E-state index in [0.717, 1.165) is 18.4 Å². The average Bonchev–Trinajstić information content (AvgIpc) is 2.45. The smallest absolute Gasteiger partial charge is 0.296 e. The molecule has 0 radical (unpaired) electrons. The highest BCUT2D eigenvalue weighted by Gasteiger charge is 2.29. The predicted molar refractivity (Wildman–Crippen MR) is 55.5 cm³/mol. The molecule has 3 heteroatoms. The van der Waals surface area contributed by atoms with Crippen molar-refractivity contribution >= 4 is 17.4 Å². The molecule has 3 nitrogen and oxygen atoms in total. The number of hydrogen-bond donors (Lipinski definition) is 1. The number of hydrogen-bond acceptors (Lipinski definition) is 2. The normalized spacial score (nSPS) is 14.1. The molecule has 0 saturated heterocycles. The van der Waals surface area contributed by atoms with E-state index in [1.165, 1.54) is 0 Å². The van der Waals surface area contributed by atoms with Crippen LogP contribution < -0.4 is 5.32 Å². The summed E-state index contributed by atoms with van der Waals surface area (Å²) in [5, 5.41) is 2.56. The summed E-state index contributed by atoms with van der Waals surface area (Å²) in [6.45, 7) is 2.05. The van der Waals surface area contributed by atoms with Gasteiger partial charge >= 0.3 is 0 Å². The molecular formula is C11H13NO2. The maximum absolute atomic E-state index is 11.5. The molecule has 0 aliphatic carbocycles. The van der Waals surface area contributed by atoms with Crippen molar-refractivity contribution in [1.82, 2.24) is 0 Å². The standard InChI is InChI=1S/C11H11NO2.H2/c1-2-4-7-5-3-6-8-9(7)10(13)11(14)12-8;/h3,5-6H,2,4H2,1H3,(H,12,13,14);1H. The van der Waals surface area contributed by atoms with Gasteiger partial charge in [0.1, 0.15) is 0 Å². The van der Waals surface area contributed by atoms with Crippen LogP contribution in [0.4, 0.5) is 5.69 Å². The minimum atomic E-state index is -0.511. The van der Waals surface area contributed by atoms with E-state index in [1.54, 1.807) is 6.07 Å². The number of nitrogens with one attached hydrogen (secondary N) is 1. The molecule has 0 spiro atoms. The Kier molecular flexibility index (Phi) is 2.08. The fourth-order valence-electron chi connectivity index (χ4n) is 1.74. The van der Waals surface area contributed by atoms with Gasteiger partial charge in [-0.25, -0.2) is 0 Å². The summed E-state index contributed by atoms with van der Waals surface area (Å²) in [5.74, 6) is -0.910. The van der Waals surface area contributed by atoms with Crippen molar-refractivity contribution in [1.29, 1.82) is 0 Å². The number of anilines is 1. The topological polar surface area (TPSA) is 46.2 Å². The average molecular weight is 191 g/mol. The lowest BCUT2D eigenvalue weighted by molar-refractivity contribution is -0.112. The second-order valence-electron chi connectivity index (χ2n) is 3.37. The number of fused-ring (bicyclic) bond motifs is 1. The molecule has 1 aliphatic heterocycles. The van der Waals surface area contributed by atoms with Gasteiger partial charge in [0.2, 0.25) is 0 Å². The van der Waals surface area contributed by atoms with Crippen molar-refractivity contribution in [3.05, 3.63) is 29.3 Å². The number of ketones is 1. The lowest BCUT2D eigenvalue weighted by Gasteiger charge is -2.03. The van der Waals surface area contributed by atoms with Crippen molar-refractivity contribution in [3.8, 4) is 0 Å². The van der Waals surface area contributed by atoms with Crippen LogP contribution >= 0.6 is 0 Å². The van der Waals surface area contributed by atoms with E-state index in [1.807, 2.05) is 19.1 Å². The molecular weight excluding hydrogens is 178 g/mol. The molecule has 0 bridgehead atoms. The van der Waals surface area contributed by atoms with E-state index in [-0.39, 0.29) is 1.43 Å². The van der Waals surface area contributed by atoms with Gasteiger partial charge in [-0.05, 0) is 18.1 Å². The minimum absolute atomic E-state index is 0. The zero-order valence-corrected chi connectivity index (χ0v) is 7.96. The maximum Gasteiger partial charge on any atom is 0.296 e. The first kappa shape index (κ1) is 8.94. The fraction of sp³-hybridized carbons (Fsp3) is 0.273. The van der Waals surface area contributed by atoms with Crippen LogP contribution in [0.3, 0.4) is 0 Å². The summed E-state index contributed by atoms with van der Waals surface area (Å²) < 4.78 is 0. The van der Waals surface area contributed by atoms with Gasteiger partial charge in [-0.1, -0.05) is 25.5 Å². The van der Waals surface area contributed by atoms with Crippen molar-refractivity contribution in [2.75, 3.05) is 5.32 Å². The first-order valence-electron chi connectivity index (χ1n) is 4.71. The first-order chi connectivity index (χ1) is 6.74. The Morgan fingerprint density at radius 2 is 2.14 bits per heavy atom. The van der Waals surface area contributed by atoms with Gasteiger partial charge in [0.25, 0.3) is 11.7 Å². The summed E-state index contributed by atoms with van der Waals surface area (Å²) in [6, 6.07) is 5.53. The van der Waals surface area contributed by atoms with Crippen LogP contribution in [0.1, 0.15) is 30.7 Å². The number of carbonyl (C=O) groups is 2. The number of Topliss-reactive ketones (excluding diaryl/α,β-unsaturated/α-hetero) is 1. The quantitative estimate of drug-likeness (QED) is 0.727. The van der Waals surface area contributed by atoms with E-state index >= 15 is 0 Å². The third-order valence-corrected chi connectivity index (χ3v) is 2.35. The number of benzene rings is 1. The fourth-order valence-corrected chi connectivity index (χ4v) is 1.74. The van der Waals surface area contributed by atoms with Gasteiger partial charge < -0.3 is 5.32 Å².